The van der Waals surface area contributed by atoms with Crippen LogP contribution >= 0.6 is 0 Å². The van der Waals surface area contributed by atoms with Crippen LogP contribution in [-0.4, -0.2) is 41.6 Å². The minimum atomic E-state index is -1.10. The van der Waals surface area contributed by atoms with Crippen LogP contribution in [-0.2, 0) is 25.6 Å². The first-order valence-corrected chi connectivity index (χ1v) is 10.5. The number of H-pyrrole nitrogens is 1. The van der Waals surface area contributed by atoms with Gasteiger partial charge in [-0.1, -0.05) is 12.1 Å². The first-order valence-electron chi connectivity index (χ1n) is 10.5. The number of nitrogens with zero attached hydrogens (tertiary/aromatic N) is 1. The Kier molecular flexibility index (Phi) is 6.23. The molecule has 3 heterocycles. The zero-order valence-electron chi connectivity index (χ0n) is 18.3. The fourth-order valence-electron chi connectivity index (χ4n) is 3.83. The molecule has 8 heteroatoms. The van der Waals surface area contributed by atoms with Gasteiger partial charge in [-0.2, -0.15) is 0 Å². The summed E-state index contributed by atoms with van der Waals surface area (Å²) < 4.78 is 11.1. The van der Waals surface area contributed by atoms with Crippen LogP contribution < -0.4 is 10.6 Å². The molecule has 1 aliphatic rings. The predicted molar refractivity (Wildman–Crippen MR) is 122 cm³/mol. The van der Waals surface area contributed by atoms with Crippen molar-refractivity contribution in [3.63, 3.8) is 0 Å². The zero-order valence-corrected chi connectivity index (χ0v) is 18.3. The van der Waals surface area contributed by atoms with Crippen molar-refractivity contribution < 1.29 is 19.1 Å². The van der Waals surface area contributed by atoms with Gasteiger partial charge in [0.15, 0.2) is 17.9 Å². The van der Waals surface area contributed by atoms with Gasteiger partial charge in [-0.05, 0) is 56.3 Å². The van der Waals surface area contributed by atoms with Crippen LogP contribution in [0.1, 0.15) is 23.6 Å². The molecule has 1 aliphatic heterocycles. The SMILES string of the molecule is CCOC(=O)C1C(=O)/C(=C/c2c[nH]c3ncccc23)OC1Nc1ccc(CNC)cc1C. The quantitative estimate of drug-likeness (QED) is 0.298. The van der Waals surface area contributed by atoms with E-state index in [1.54, 1.807) is 25.4 Å². The molecule has 32 heavy (non-hydrogen) atoms. The van der Waals surface area contributed by atoms with E-state index in [9.17, 15) is 9.59 Å². The number of allylic oxidation sites excluding steroid dienone is 1. The van der Waals surface area contributed by atoms with E-state index < -0.39 is 23.9 Å². The molecule has 0 amide bonds. The number of pyridine rings is 1. The largest absolute Gasteiger partial charge is 0.466 e. The molecule has 0 radical (unpaired) electrons. The second-order valence-electron chi connectivity index (χ2n) is 7.61. The summed E-state index contributed by atoms with van der Waals surface area (Å²) in [4.78, 5) is 33.1. The third-order valence-electron chi connectivity index (χ3n) is 5.36. The smallest absolute Gasteiger partial charge is 0.322 e. The number of Topliss-reactive ketones (excluding diaryl/α,β-unsaturated/α-hetero) is 1. The van der Waals surface area contributed by atoms with Gasteiger partial charge in [-0.3, -0.25) is 9.59 Å². The Labute approximate surface area is 186 Å². The lowest BCUT2D eigenvalue weighted by Crippen LogP contribution is -2.35. The highest BCUT2D eigenvalue weighted by atomic mass is 16.5. The maximum atomic E-state index is 13.1. The highest BCUT2D eigenvalue weighted by Crippen LogP contribution is 2.32. The Morgan fingerprint density at radius 2 is 2.19 bits per heavy atom. The molecule has 4 rings (SSSR count). The number of hydrogen-bond acceptors (Lipinski definition) is 7. The molecule has 8 nitrogen and oxygen atoms in total. The number of fused-ring (bicyclic) bond motifs is 1. The number of benzene rings is 1. The molecule has 1 aromatic carbocycles. The minimum Gasteiger partial charge on any atom is -0.466 e. The molecule has 1 saturated heterocycles. The van der Waals surface area contributed by atoms with E-state index in [1.165, 1.54) is 0 Å². The van der Waals surface area contributed by atoms with E-state index in [-0.39, 0.29) is 12.4 Å². The van der Waals surface area contributed by atoms with Crippen molar-refractivity contribution in [2.75, 3.05) is 19.0 Å². The van der Waals surface area contributed by atoms with Crippen LogP contribution in [0.25, 0.3) is 17.1 Å². The van der Waals surface area contributed by atoms with Crippen LogP contribution in [0.5, 0.6) is 0 Å². The number of carbonyl (C=O) groups is 2. The third kappa shape index (κ3) is 4.22. The van der Waals surface area contributed by atoms with Gasteiger partial charge >= 0.3 is 5.97 Å². The first kappa shape index (κ1) is 21.6. The second kappa shape index (κ2) is 9.23. The summed E-state index contributed by atoms with van der Waals surface area (Å²) in [5.41, 5.74) is 4.37. The summed E-state index contributed by atoms with van der Waals surface area (Å²) in [6, 6.07) is 9.68. The maximum absolute atomic E-state index is 13.1. The number of esters is 1. The van der Waals surface area contributed by atoms with Crippen LogP contribution in [0.2, 0.25) is 0 Å². The minimum absolute atomic E-state index is 0.106. The van der Waals surface area contributed by atoms with Crippen molar-refractivity contribution in [2.45, 2.75) is 26.6 Å². The molecule has 2 aromatic heterocycles. The molecule has 0 saturated carbocycles. The third-order valence-corrected chi connectivity index (χ3v) is 5.36. The van der Waals surface area contributed by atoms with Gasteiger partial charge in [-0.25, -0.2) is 4.98 Å². The number of ketones is 1. The number of rotatable bonds is 7. The van der Waals surface area contributed by atoms with E-state index >= 15 is 0 Å². The monoisotopic (exact) mass is 434 g/mol. The van der Waals surface area contributed by atoms with Gasteiger partial charge < -0.3 is 25.1 Å². The van der Waals surface area contributed by atoms with Crippen molar-refractivity contribution in [3.8, 4) is 0 Å². The summed E-state index contributed by atoms with van der Waals surface area (Å²) >= 11 is 0. The van der Waals surface area contributed by atoms with E-state index in [0.717, 1.165) is 34.3 Å². The Hall–Kier alpha value is -3.65. The number of nitrogens with one attached hydrogen (secondary N) is 3. The van der Waals surface area contributed by atoms with Crippen LogP contribution in [0.15, 0.2) is 48.5 Å². The number of aryl methyl sites for hydroxylation is 1. The van der Waals surface area contributed by atoms with Gasteiger partial charge in [0.2, 0.25) is 5.78 Å². The van der Waals surface area contributed by atoms with Crippen molar-refractivity contribution in [2.24, 2.45) is 5.92 Å². The van der Waals surface area contributed by atoms with Crippen LogP contribution in [0.4, 0.5) is 5.69 Å². The fraction of sp³-hybridized carbons (Fsp3) is 0.292. The van der Waals surface area contributed by atoms with Crippen molar-refractivity contribution in [3.05, 3.63) is 65.2 Å². The average molecular weight is 434 g/mol. The Balaban J connectivity index is 1.65. The number of hydrogen-bond donors (Lipinski definition) is 3. The molecule has 3 N–H and O–H groups in total. The molecular weight excluding hydrogens is 408 g/mol. The highest BCUT2D eigenvalue weighted by molar-refractivity contribution is 6.12. The Morgan fingerprint density at radius 1 is 1.34 bits per heavy atom. The standard InChI is InChI=1S/C24H26N4O4/c1-4-31-24(30)20-21(29)19(11-16-13-27-22-17(16)6-5-9-26-22)32-23(20)28-18-8-7-15(12-25-3)10-14(18)2/h5-11,13,20,23,25,28H,4,12H2,1-3H3,(H,26,27)/b19-11-. The van der Waals surface area contributed by atoms with E-state index in [4.69, 9.17) is 9.47 Å². The molecular formula is C24H26N4O4. The number of aromatic amines is 1. The Bertz CT molecular complexity index is 1180. The number of carbonyl (C=O) groups excluding carboxylic acids is 2. The number of ether oxygens (including phenoxy) is 2. The van der Waals surface area contributed by atoms with Crippen molar-refractivity contribution >= 4 is 34.5 Å². The van der Waals surface area contributed by atoms with Crippen LogP contribution in [0.3, 0.4) is 0 Å². The fourth-order valence-corrected chi connectivity index (χ4v) is 3.83. The lowest BCUT2D eigenvalue weighted by Gasteiger charge is -2.20. The Morgan fingerprint density at radius 3 is 2.94 bits per heavy atom. The van der Waals surface area contributed by atoms with Gasteiger partial charge in [0.05, 0.1) is 6.61 Å². The molecule has 2 unspecified atom stereocenters. The van der Waals surface area contributed by atoms with Crippen molar-refractivity contribution in [1.29, 1.82) is 0 Å². The molecule has 166 valence electrons. The summed E-state index contributed by atoms with van der Waals surface area (Å²) in [5.74, 6) is -2.01. The van der Waals surface area contributed by atoms with Crippen LogP contribution in [0, 0.1) is 12.8 Å². The second-order valence-corrected chi connectivity index (χ2v) is 7.61. The van der Waals surface area contributed by atoms with Crippen molar-refractivity contribution in [1.82, 2.24) is 15.3 Å². The summed E-state index contributed by atoms with van der Waals surface area (Å²) in [7, 11) is 1.89. The highest BCUT2D eigenvalue weighted by Gasteiger charge is 2.47. The lowest BCUT2D eigenvalue weighted by molar-refractivity contribution is -0.151. The van der Waals surface area contributed by atoms with Gasteiger partial charge in [0, 0.05) is 35.6 Å². The molecule has 1 fully saturated rings. The molecule has 3 aromatic rings. The van der Waals surface area contributed by atoms with E-state index in [2.05, 4.69) is 20.6 Å². The van der Waals surface area contributed by atoms with Gasteiger partial charge in [0.25, 0.3) is 0 Å². The average Bonchev–Trinajstić information content (AvgIpc) is 3.32. The number of anilines is 1. The zero-order chi connectivity index (χ0) is 22.7. The molecule has 2 atom stereocenters. The lowest BCUT2D eigenvalue weighted by atomic mass is 10.0. The summed E-state index contributed by atoms with van der Waals surface area (Å²) in [6.07, 6.45) is 4.21. The predicted octanol–water partition coefficient (Wildman–Crippen LogP) is 3.15. The summed E-state index contributed by atoms with van der Waals surface area (Å²) in [5, 5.41) is 7.20. The maximum Gasteiger partial charge on any atom is 0.322 e. The molecule has 0 spiro atoms. The normalized spacial score (nSPS) is 19.3. The van der Waals surface area contributed by atoms with E-state index in [0.29, 0.717) is 5.65 Å². The number of aromatic nitrogens is 2. The molecule has 0 bridgehead atoms. The van der Waals surface area contributed by atoms with Gasteiger partial charge in [0.1, 0.15) is 5.65 Å². The topological polar surface area (TPSA) is 105 Å². The molecule has 0 aliphatic carbocycles. The van der Waals surface area contributed by atoms with E-state index in [1.807, 2.05) is 44.3 Å². The summed E-state index contributed by atoms with van der Waals surface area (Å²) in [6.45, 7) is 4.60. The van der Waals surface area contributed by atoms with Gasteiger partial charge in [-0.15, -0.1) is 0 Å². The first-order chi connectivity index (χ1) is 15.5.